The average molecular weight is 204 g/mol. The van der Waals surface area contributed by atoms with Crippen LogP contribution in [0.5, 0.6) is 0 Å². The lowest BCUT2D eigenvalue weighted by Crippen LogP contribution is -2.39. The van der Waals surface area contributed by atoms with E-state index >= 15 is 0 Å². The molecule has 1 aliphatic rings. The molecular formula is C12H16N2O. The summed E-state index contributed by atoms with van der Waals surface area (Å²) in [7, 11) is 0. The highest BCUT2D eigenvalue weighted by Gasteiger charge is 2.17. The van der Waals surface area contributed by atoms with Crippen LogP contribution in [0.25, 0.3) is 0 Å². The van der Waals surface area contributed by atoms with E-state index in [2.05, 4.69) is 5.32 Å². The number of carbonyl (C=O) groups excluding carboxylic acids is 1. The molecular weight excluding hydrogens is 188 g/mol. The first-order valence-electron chi connectivity index (χ1n) is 5.38. The molecule has 0 aliphatic carbocycles. The van der Waals surface area contributed by atoms with Gasteiger partial charge in [0.2, 0.25) is 5.91 Å². The number of piperidine rings is 1. The standard InChI is InChI=1S/C12H16N2O/c13-10-6-4-9(5-7-10)8-11-2-1-3-12(15)14-11/h4-7,11H,1-3,8,13H2,(H,14,15). The summed E-state index contributed by atoms with van der Waals surface area (Å²) in [4.78, 5) is 11.2. The van der Waals surface area contributed by atoms with Gasteiger partial charge in [0.1, 0.15) is 0 Å². The summed E-state index contributed by atoms with van der Waals surface area (Å²) in [5, 5.41) is 3.01. The molecule has 1 fully saturated rings. The van der Waals surface area contributed by atoms with Gasteiger partial charge in [0.15, 0.2) is 0 Å². The van der Waals surface area contributed by atoms with Crippen LogP contribution >= 0.6 is 0 Å². The lowest BCUT2D eigenvalue weighted by Gasteiger charge is -2.23. The first-order valence-corrected chi connectivity index (χ1v) is 5.38. The van der Waals surface area contributed by atoms with Crippen molar-refractivity contribution in [3.63, 3.8) is 0 Å². The fourth-order valence-corrected chi connectivity index (χ4v) is 1.97. The van der Waals surface area contributed by atoms with Gasteiger partial charge in [-0.2, -0.15) is 0 Å². The summed E-state index contributed by atoms with van der Waals surface area (Å²) in [5.41, 5.74) is 7.63. The molecule has 1 aromatic carbocycles. The SMILES string of the molecule is Nc1ccc(CC2CCCC(=O)N2)cc1. The smallest absolute Gasteiger partial charge is 0.220 e. The van der Waals surface area contributed by atoms with Crippen molar-refractivity contribution in [2.75, 3.05) is 5.73 Å². The van der Waals surface area contributed by atoms with E-state index in [1.807, 2.05) is 24.3 Å². The molecule has 1 unspecified atom stereocenters. The number of hydrogen-bond donors (Lipinski definition) is 2. The predicted molar refractivity (Wildman–Crippen MR) is 60.3 cm³/mol. The summed E-state index contributed by atoms with van der Waals surface area (Å²) >= 11 is 0. The lowest BCUT2D eigenvalue weighted by molar-refractivity contribution is -0.123. The van der Waals surface area contributed by atoms with E-state index < -0.39 is 0 Å². The van der Waals surface area contributed by atoms with Crippen molar-refractivity contribution in [1.82, 2.24) is 5.32 Å². The Bertz CT molecular complexity index is 345. The molecule has 2 rings (SSSR count). The number of nitrogens with two attached hydrogens (primary N) is 1. The maximum Gasteiger partial charge on any atom is 0.220 e. The molecule has 0 aromatic heterocycles. The number of amides is 1. The highest BCUT2D eigenvalue weighted by molar-refractivity contribution is 5.76. The van der Waals surface area contributed by atoms with E-state index in [-0.39, 0.29) is 5.91 Å². The Morgan fingerprint density at radius 3 is 2.73 bits per heavy atom. The molecule has 3 nitrogen and oxygen atoms in total. The van der Waals surface area contributed by atoms with Crippen molar-refractivity contribution in [3.8, 4) is 0 Å². The van der Waals surface area contributed by atoms with Crippen molar-refractivity contribution >= 4 is 11.6 Å². The van der Waals surface area contributed by atoms with Crippen LogP contribution in [0.3, 0.4) is 0 Å². The van der Waals surface area contributed by atoms with Crippen LogP contribution in [-0.4, -0.2) is 11.9 Å². The van der Waals surface area contributed by atoms with E-state index in [0.717, 1.165) is 24.9 Å². The third kappa shape index (κ3) is 2.72. The Balaban J connectivity index is 1.96. The molecule has 3 heteroatoms. The van der Waals surface area contributed by atoms with E-state index in [1.54, 1.807) is 0 Å². The van der Waals surface area contributed by atoms with Crippen molar-refractivity contribution in [2.24, 2.45) is 0 Å². The number of nitrogen functional groups attached to an aromatic ring is 1. The second kappa shape index (κ2) is 4.34. The zero-order valence-electron chi connectivity index (χ0n) is 8.70. The van der Waals surface area contributed by atoms with Crippen LogP contribution in [-0.2, 0) is 11.2 Å². The maximum atomic E-state index is 11.2. The molecule has 0 spiro atoms. The Hall–Kier alpha value is -1.51. The topological polar surface area (TPSA) is 55.1 Å². The maximum absolute atomic E-state index is 11.2. The van der Waals surface area contributed by atoms with Crippen LogP contribution < -0.4 is 11.1 Å². The summed E-state index contributed by atoms with van der Waals surface area (Å²) < 4.78 is 0. The minimum Gasteiger partial charge on any atom is -0.399 e. The van der Waals surface area contributed by atoms with Crippen LogP contribution in [0.4, 0.5) is 5.69 Å². The van der Waals surface area contributed by atoms with Crippen LogP contribution in [0, 0.1) is 0 Å². The third-order valence-electron chi connectivity index (χ3n) is 2.78. The summed E-state index contributed by atoms with van der Waals surface area (Å²) in [6, 6.07) is 8.15. The summed E-state index contributed by atoms with van der Waals surface area (Å²) in [5.74, 6) is 0.182. The molecule has 15 heavy (non-hydrogen) atoms. The number of hydrogen-bond acceptors (Lipinski definition) is 2. The molecule has 0 bridgehead atoms. The van der Waals surface area contributed by atoms with Crippen molar-refractivity contribution < 1.29 is 4.79 Å². The number of benzene rings is 1. The molecule has 0 saturated carbocycles. The third-order valence-corrected chi connectivity index (χ3v) is 2.78. The molecule has 3 N–H and O–H groups in total. The Labute approximate surface area is 89.7 Å². The molecule has 1 saturated heterocycles. The first-order chi connectivity index (χ1) is 7.24. The normalized spacial score (nSPS) is 21.1. The van der Waals surface area contributed by atoms with Crippen molar-refractivity contribution in [3.05, 3.63) is 29.8 Å². The number of rotatable bonds is 2. The fraction of sp³-hybridized carbons (Fsp3) is 0.417. The van der Waals surface area contributed by atoms with Gasteiger partial charge >= 0.3 is 0 Å². The van der Waals surface area contributed by atoms with Crippen LogP contribution in [0.1, 0.15) is 24.8 Å². The van der Waals surface area contributed by atoms with E-state index in [0.29, 0.717) is 12.5 Å². The van der Waals surface area contributed by atoms with Gasteiger partial charge in [0, 0.05) is 18.2 Å². The highest BCUT2D eigenvalue weighted by Crippen LogP contribution is 2.14. The number of anilines is 1. The second-order valence-corrected chi connectivity index (χ2v) is 4.10. The zero-order valence-corrected chi connectivity index (χ0v) is 8.70. The Kier molecular flexibility index (Phi) is 2.90. The van der Waals surface area contributed by atoms with Gasteiger partial charge in [-0.15, -0.1) is 0 Å². The summed E-state index contributed by atoms with van der Waals surface area (Å²) in [6.45, 7) is 0. The van der Waals surface area contributed by atoms with Gasteiger partial charge in [-0.1, -0.05) is 12.1 Å². The van der Waals surface area contributed by atoms with Crippen LogP contribution in [0.15, 0.2) is 24.3 Å². The molecule has 80 valence electrons. The zero-order chi connectivity index (χ0) is 10.7. The molecule has 1 heterocycles. The lowest BCUT2D eigenvalue weighted by atomic mass is 9.97. The molecule has 1 amide bonds. The molecule has 1 aliphatic heterocycles. The second-order valence-electron chi connectivity index (χ2n) is 4.10. The highest BCUT2D eigenvalue weighted by atomic mass is 16.1. The van der Waals surface area contributed by atoms with Gasteiger partial charge in [-0.25, -0.2) is 0 Å². The number of nitrogens with one attached hydrogen (secondary N) is 1. The van der Waals surface area contributed by atoms with Gasteiger partial charge in [0.25, 0.3) is 0 Å². The monoisotopic (exact) mass is 204 g/mol. The van der Waals surface area contributed by atoms with Crippen molar-refractivity contribution in [2.45, 2.75) is 31.7 Å². The van der Waals surface area contributed by atoms with Gasteiger partial charge < -0.3 is 11.1 Å². The predicted octanol–water partition coefficient (Wildman–Crippen LogP) is 1.48. The van der Waals surface area contributed by atoms with Gasteiger partial charge in [-0.3, -0.25) is 4.79 Å². The van der Waals surface area contributed by atoms with Gasteiger partial charge in [-0.05, 0) is 37.0 Å². The van der Waals surface area contributed by atoms with E-state index in [9.17, 15) is 4.79 Å². The Morgan fingerprint density at radius 2 is 2.07 bits per heavy atom. The van der Waals surface area contributed by atoms with Crippen molar-refractivity contribution in [1.29, 1.82) is 0 Å². The summed E-state index contributed by atoms with van der Waals surface area (Å²) in [6.07, 6.45) is 3.67. The van der Waals surface area contributed by atoms with Gasteiger partial charge in [0.05, 0.1) is 0 Å². The minimum absolute atomic E-state index is 0.182. The fourth-order valence-electron chi connectivity index (χ4n) is 1.97. The molecule has 1 aromatic rings. The minimum atomic E-state index is 0.182. The quantitative estimate of drug-likeness (QED) is 0.717. The van der Waals surface area contributed by atoms with E-state index in [4.69, 9.17) is 5.73 Å². The largest absolute Gasteiger partial charge is 0.399 e. The Morgan fingerprint density at radius 1 is 1.33 bits per heavy atom. The molecule has 1 atom stereocenters. The van der Waals surface area contributed by atoms with Crippen LogP contribution in [0.2, 0.25) is 0 Å². The average Bonchev–Trinajstić information content (AvgIpc) is 2.22. The number of carbonyl (C=O) groups is 1. The first kappa shape index (κ1) is 10.0. The molecule has 0 radical (unpaired) electrons. The van der Waals surface area contributed by atoms with E-state index in [1.165, 1.54) is 5.56 Å².